The first-order chi connectivity index (χ1) is 21.6. The molecule has 7 heteroatoms. The highest BCUT2D eigenvalue weighted by atomic mass is 32.2. The number of carbonyl (C=O) groups excluding carboxylic acids is 1. The van der Waals surface area contributed by atoms with Crippen LogP contribution in [0.15, 0.2) is 88.9 Å². The molecule has 2 aliphatic heterocycles. The van der Waals surface area contributed by atoms with Crippen molar-refractivity contribution >= 4 is 23.4 Å². The molecule has 2 unspecified atom stereocenters. The van der Waals surface area contributed by atoms with Crippen LogP contribution in [-0.4, -0.2) is 54.7 Å². The molecule has 230 valence electrons. The van der Waals surface area contributed by atoms with Crippen molar-refractivity contribution in [3.05, 3.63) is 84.7 Å². The summed E-state index contributed by atoms with van der Waals surface area (Å²) in [5, 5.41) is 10.8. The van der Waals surface area contributed by atoms with Gasteiger partial charge in [-0.3, -0.25) is 9.78 Å². The predicted octanol–water partition coefficient (Wildman–Crippen LogP) is 7.35. The van der Waals surface area contributed by atoms with Crippen molar-refractivity contribution in [1.29, 1.82) is 5.26 Å². The lowest BCUT2D eigenvalue weighted by Crippen LogP contribution is -2.53. The molecule has 0 radical (unpaired) electrons. The number of piperidine rings is 1. The van der Waals surface area contributed by atoms with Gasteiger partial charge in [-0.1, -0.05) is 55.4 Å². The number of nitriles is 1. The summed E-state index contributed by atoms with van der Waals surface area (Å²) in [5.74, 6) is 0.922. The minimum absolute atomic E-state index is 0.0625. The molecule has 0 bridgehead atoms. The lowest BCUT2D eigenvalue weighted by atomic mass is 9.64. The van der Waals surface area contributed by atoms with Gasteiger partial charge in [0.25, 0.3) is 0 Å². The average Bonchev–Trinajstić information content (AvgIpc) is 3.90. The number of likely N-dealkylation sites (tertiary alicyclic amines) is 1. The number of esters is 1. The van der Waals surface area contributed by atoms with Crippen LogP contribution < -0.4 is 4.90 Å². The molecule has 1 aromatic heterocycles. The van der Waals surface area contributed by atoms with E-state index in [1.807, 2.05) is 42.7 Å². The van der Waals surface area contributed by atoms with Crippen LogP contribution in [0.25, 0.3) is 0 Å². The van der Waals surface area contributed by atoms with Gasteiger partial charge < -0.3 is 14.5 Å². The number of hydrogen-bond donors (Lipinski definition) is 0. The van der Waals surface area contributed by atoms with Crippen molar-refractivity contribution in [2.75, 3.05) is 37.6 Å². The van der Waals surface area contributed by atoms with Gasteiger partial charge in [-0.05, 0) is 93.1 Å². The minimum atomic E-state index is -0.647. The second-order valence-corrected chi connectivity index (χ2v) is 14.0. The quantitative estimate of drug-likeness (QED) is 0.188. The van der Waals surface area contributed by atoms with Gasteiger partial charge in [-0.2, -0.15) is 5.26 Å². The van der Waals surface area contributed by atoms with E-state index in [1.165, 1.54) is 15.5 Å². The molecular weight excluding hydrogens is 565 g/mol. The van der Waals surface area contributed by atoms with Crippen molar-refractivity contribution in [1.82, 2.24) is 9.88 Å². The number of rotatable bonds is 13. The molecule has 6 nitrogen and oxygen atoms in total. The van der Waals surface area contributed by atoms with E-state index >= 15 is 0 Å². The van der Waals surface area contributed by atoms with Gasteiger partial charge in [-0.25, -0.2) is 0 Å². The molecule has 0 spiro atoms. The van der Waals surface area contributed by atoms with E-state index in [1.54, 1.807) is 11.8 Å². The molecule has 3 aromatic rings. The van der Waals surface area contributed by atoms with Crippen molar-refractivity contribution in [3.8, 4) is 6.07 Å². The summed E-state index contributed by atoms with van der Waals surface area (Å²) in [6, 6.07) is 26.1. The normalized spacial score (nSPS) is 19.9. The Morgan fingerprint density at radius 2 is 1.68 bits per heavy atom. The maximum atomic E-state index is 12.6. The van der Waals surface area contributed by atoms with Gasteiger partial charge in [-0.15, -0.1) is 0 Å². The van der Waals surface area contributed by atoms with Crippen LogP contribution in [0.5, 0.6) is 0 Å². The fraction of sp³-hybridized carbons (Fsp3) is 0.486. The topological polar surface area (TPSA) is 69.5 Å². The zero-order chi connectivity index (χ0) is 30.4. The average molecular weight is 609 g/mol. The third kappa shape index (κ3) is 7.30. The van der Waals surface area contributed by atoms with Gasteiger partial charge in [0.15, 0.2) is 0 Å². The molecule has 0 amide bonds. The number of nitrogens with zero attached hydrogens (tertiary/aromatic N) is 4. The van der Waals surface area contributed by atoms with Crippen LogP contribution in [0.1, 0.15) is 57.4 Å². The zero-order valence-electron chi connectivity index (χ0n) is 25.8. The van der Waals surface area contributed by atoms with Crippen LogP contribution in [0.3, 0.4) is 0 Å². The summed E-state index contributed by atoms with van der Waals surface area (Å²) < 4.78 is 6.05. The second kappa shape index (κ2) is 14.2. The number of ether oxygens (including phenoxy) is 1. The molecule has 6 rings (SSSR count). The van der Waals surface area contributed by atoms with Crippen molar-refractivity contribution < 1.29 is 9.53 Å². The first-order valence-electron chi connectivity index (χ1n) is 16.4. The summed E-state index contributed by atoms with van der Waals surface area (Å²) in [7, 11) is 0. The molecule has 2 saturated heterocycles. The number of carbonyl (C=O) groups is 1. The van der Waals surface area contributed by atoms with E-state index in [0.717, 1.165) is 76.8 Å². The maximum absolute atomic E-state index is 12.6. The summed E-state index contributed by atoms with van der Waals surface area (Å²) in [6.07, 6.45) is 9.64. The number of pyridine rings is 1. The Kier molecular flexibility index (Phi) is 9.88. The summed E-state index contributed by atoms with van der Waals surface area (Å²) >= 11 is 1.76. The molecular formula is C37H44N4O2S. The number of hydrogen-bond acceptors (Lipinski definition) is 7. The molecule has 2 aromatic carbocycles. The highest BCUT2D eigenvalue weighted by Gasteiger charge is 2.45. The van der Waals surface area contributed by atoms with Crippen LogP contribution in [0.4, 0.5) is 5.69 Å². The van der Waals surface area contributed by atoms with Crippen LogP contribution >= 0.6 is 11.8 Å². The van der Waals surface area contributed by atoms with Gasteiger partial charge >= 0.3 is 5.97 Å². The lowest BCUT2D eigenvalue weighted by Gasteiger charge is -2.46. The Labute approximate surface area is 266 Å². The standard InChI is InChI=1S/C37H44N4O2S/c1-2-6-33(43-36(42)29-9-10-29)23-37(27-38,30-7-4-3-5-8-30)31-17-21-40(22-18-31)24-28-25-41(26-28)32-11-13-34(14-12-32)44-35-15-19-39-20-16-35/h3-5,7-8,11-16,19-20,28-29,31,33H,2,6,9-10,17-18,21-26H2,1H3. The monoisotopic (exact) mass is 608 g/mol. The van der Waals surface area contributed by atoms with Gasteiger partial charge in [0.05, 0.1) is 17.4 Å². The Morgan fingerprint density at radius 1 is 1.00 bits per heavy atom. The molecule has 1 saturated carbocycles. The number of anilines is 1. The minimum Gasteiger partial charge on any atom is -0.462 e. The van der Waals surface area contributed by atoms with Gasteiger partial charge in [0.1, 0.15) is 6.10 Å². The van der Waals surface area contributed by atoms with E-state index < -0.39 is 5.41 Å². The molecule has 3 aliphatic rings. The summed E-state index contributed by atoms with van der Waals surface area (Å²) in [5.41, 5.74) is 1.72. The maximum Gasteiger partial charge on any atom is 0.309 e. The van der Waals surface area contributed by atoms with Crippen LogP contribution in [0.2, 0.25) is 0 Å². The number of benzene rings is 2. The van der Waals surface area contributed by atoms with E-state index in [9.17, 15) is 10.1 Å². The van der Waals surface area contributed by atoms with Gasteiger partial charge in [0, 0.05) is 59.8 Å². The first kappa shape index (κ1) is 30.7. The third-order valence-corrected chi connectivity index (χ3v) is 10.7. The van der Waals surface area contributed by atoms with E-state index in [0.29, 0.717) is 12.3 Å². The molecule has 3 heterocycles. The van der Waals surface area contributed by atoms with Gasteiger partial charge in [0.2, 0.25) is 0 Å². The van der Waals surface area contributed by atoms with E-state index in [-0.39, 0.29) is 23.9 Å². The lowest BCUT2D eigenvalue weighted by molar-refractivity contribution is -0.152. The largest absolute Gasteiger partial charge is 0.462 e. The molecule has 0 N–H and O–H groups in total. The Hall–Kier alpha value is -3.34. The Bertz CT molecular complexity index is 1390. The van der Waals surface area contributed by atoms with E-state index in [2.05, 4.69) is 64.2 Å². The van der Waals surface area contributed by atoms with Crippen molar-refractivity contribution in [2.24, 2.45) is 17.8 Å². The first-order valence-corrected chi connectivity index (χ1v) is 17.2. The fourth-order valence-corrected chi connectivity index (χ4v) is 7.86. The highest BCUT2D eigenvalue weighted by molar-refractivity contribution is 7.99. The van der Waals surface area contributed by atoms with Crippen LogP contribution in [0, 0.1) is 29.1 Å². The number of aromatic nitrogens is 1. The highest BCUT2D eigenvalue weighted by Crippen LogP contribution is 2.44. The Morgan fingerprint density at radius 3 is 2.32 bits per heavy atom. The molecule has 44 heavy (non-hydrogen) atoms. The van der Waals surface area contributed by atoms with E-state index in [4.69, 9.17) is 4.74 Å². The fourth-order valence-electron chi connectivity index (χ4n) is 7.06. The predicted molar refractivity (Wildman–Crippen MR) is 176 cm³/mol. The van der Waals surface area contributed by atoms with Crippen LogP contribution in [-0.2, 0) is 14.9 Å². The Balaban J connectivity index is 1.03. The molecule has 1 aliphatic carbocycles. The third-order valence-electron chi connectivity index (χ3n) is 9.69. The zero-order valence-corrected chi connectivity index (χ0v) is 26.6. The van der Waals surface area contributed by atoms with Crippen molar-refractivity contribution in [2.45, 2.75) is 73.2 Å². The second-order valence-electron chi connectivity index (χ2n) is 12.9. The molecule has 3 fully saturated rings. The summed E-state index contributed by atoms with van der Waals surface area (Å²) in [4.78, 5) is 24.3. The van der Waals surface area contributed by atoms with Crippen molar-refractivity contribution in [3.63, 3.8) is 0 Å². The molecule has 2 atom stereocenters. The summed E-state index contributed by atoms with van der Waals surface area (Å²) in [6.45, 7) is 7.45. The SMILES string of the molecule is CCCC(CC(C#N)(c1ccccc1)C1CCN(CC2CN(c3ccc(Sc4ccncc4)cc3)C2)CC1)OC(=O)C1CC1. The smallest absolute Gasteiger partial charge is 0.309 e.